The second-order valence-corrected chi connectivity index (χ2v) is 8.11. The summed E-state index contributed by atoms with van der Waals surface area (Å²) < 4.78 is 0. The van der Waals surface area contributed by atoms with E-state index >= 15 is 0 Å². The minimum absolute atomic E-state index is 0.129. The molecule has 7 nitrogen and oxygen atoms in total. The minimum atomic E-state index is -0.471. The Morgan fingerprint density at radius 2 is 1.78 bits per heavy atom. The molecule has 2 N–H and O–H groups in total. The molecular formula is C24H29ClN4O3. The van der Waals surface area contributed by atoms with E-state index in [9.17, 15) is 14.4 Å². The van der Waals surface area contributed by atoms with Gasteiger partial charge in [0, 0.05) is 37.3 Å². The van der Waals surface area contributed by atoms with Crippen molar-refractivity contribution in [3.63, 3.8) is 0 Å². The SMILES string of the molecule is CCN(CC)CCNC(=O)c1ccc(NC(=O)[C@H]2CC(=O)N(c3ccccc3Cl)C2)cc1. The van der Waals surface area contributed by atoms with Crippen molar-refractivity contribution < 1.29 is 14.4 Å². The summed E-state index contributed by atoms with van der Waals surface area (Å²) in [6.45, 7) is 7.74. The molecular weight excluding hydrogens is 428 g/mol. The second-order valence-electron chi connectivity index (χ2n) is 7.71. The lowest BCUT2D eigenvalue weighted by molar-refractivity contribution is -0.122. The molecule has 1 fully saturated rings. The van der Waals surface area contributed by atoms with E-state index in [2.05, 4.69) is 29.4 Å². The van der Waals surface area contributed by atoms with Crippen molar-refractivity contribution in [3.8, 4) is 0 Å². The van der Waals surface area contributed by atoms with Crippen molar-refractivity contribution >= 4 is 40.7 Å². The highest BCUT2D eigenvalue weighted by molar-refractivity contribution is 6.33. The highest BCUT2D eigenvalue weighted by Crippen LogP contribution is 2.31. The number of carbonyl (C=O) groups excluding carboxylic acids is 3. The van der Waals surface area contributed by atoms with Gasteiger partial charge in [-0.1, -0.05) is 37.6 Å². The Hall–Kier alpha value is -2.90. The van der Waals surface area contributed by atoms with Crippen LogP contribution < -0.4 is 15.5 Å². The predicted molar refractivity (Wildman–Crippen MR) is 127 cm³/mol. The quantitative estimate of drug-likeness (QED) is 0.606. The maximum absolute atomic E-state index is 12.7. The Kier molecular flexibility index (Phi) is 8.25. The molecule has 1 aliphatic rings. The third kappa shape index (κ3) is 5.87. The number of anilines is 2. The fraction of sp³-hybridized carbons (Fsp3) is 0.375. The number of likely N-dealkylation sites (N-methyl/N-ethyl adjacent to an activating group) is 1. The van der Waals surface area contributed by atoms with Crippen molar-refractivity contribution in [2.24, 2.45) is 5.92 Å². The monoisotopic (exact) mass is 456 g/mol. The molecule has 2 aromatic carbocycles. The predicted octanol–water partition coefficient (Wildman–Crippen LogP) is 3.40. The van der Waals surface area contributed by atoms with Gasteiger partial charge in [-0.05, 0) is 49.5 Å². The first-order chi connectivity index (χ1) is 15.4. The van der Waals surface area contributed by atoms with Gasteiger partial charge in [0.15, 0.2) is 0 Å². The van der Waals surface area contributed by atoms with Crippen LogP contribution in [0.1, 0.15) is 30.6 Å². The van der Waals surface area contributed by atoms with Gasteiger partial charge in [-0.2, -0.15) is 0 Å². The van der Waals surface area contributed by atoms with Crippen LogP contribution in [-0.4, -0.2) is 55.3 Å². The molecule has 1 atom stereocenters. The first-order valence-electron chi connectivity index (χ1n) is 10.9. The lowest BCUT2D eigenvalue weighted by Crippen LogP contribution is -2.34. The van der Waals surface area contributed by atoms with E-state index in [0.717, 1.165) is 19.6 Å². The molecule has 0 bridgehead atoms. The van der Waals surface area contributed by atoms with Crippen molar-refractivity contribution in [2.75, 3.05) is 42.9 Å². The van der Waals surface area contributed by atoms with Crippen molar-refractivity contribution in [3.05, 3.63) is 59.1 Å². The van der Waals surface area contributed by atoms with Gasteiger partial charge < -0.3 is 20.4 Å². The number of rotatable bonds is 9. The standard InChI is InChI=1S/C24H29ClN4O3/c1-3-28(4-2)14-13-26-23(31)17-9-11-19(12-10-17)27-24(32)18-15-22(30)29(16-18)21-8-6-5-7-20(21)25/h5-12,18H,3-4,13-16H2,1-2H3,(H,26,31)(H,27,32)/t18-/m0/s1. The number of carbonyl (C=O) groups is 3. The molecule has 170 valence electrons. The van der Waals surface area contributed by atoms with Gasteiger partial charge in [-0.3, -0.25) is 14.4 Å². The normalized spacial score (nSPS) is 15.8. The molecule has 0 aromatic heterocycles. The first kappa shape index (κ1) is 23.8. The first-order valence-corrected chi connectivity index (χ1v) is 11.3. The molecule has 0 unspecified atom stereocenters. The summed E-state index contributed by atoms with van der Waals surface area (Å²) in [6, 6.07) is 13.8. The van der Waals surface area contributed by atoms with E-state index in [1.807, 2.05) is 6.07 Å². The summed E-state index contributed by atoms with van der Waals surface area (Å²) in [4.78, 5) is 41.2. The average molecular weight is 457 g/mol. The van der Waals surface area contributed by atoms with E-state index in [1.54, 1.807) is 47.4 Å². The van der Waals surface area contributed by atoms with Crippen LogP contribution in [0.4, 0.5) is 11.4 Å². The van der Waals surface area contributed by atoms with E-state index in [4.69, 9.17) is 11.6 Å². The van der Waals surface area contributed by atoms with Crippen molar-refractivity contribution in [2.45, 2.75) is 20.3 Å². The molecule has 8 heteroatoms. The van der Waals surface area contributed by atoms with Gasteiger partial charge in [0.1, 0.15) is 0 Å². The summed E-state index contributed by atoms with van der Waals surface area (Å²) in [5.41, 5.74) is 1.73. The zero-order chi connectivity index (χ0) is 23.1. The smallest absolute Gasteiger partial charge is 0.251 e. The van der Waals surface area contributed by atoms with Gasteiger partial charge in [-0.15, -0.1) is 0 Å². The number of hydrogen-bond donors (Lipinski definition) is 2. The van der Waals surface area contributed by atoms with Gasteiger partial charge >= 0.3 is 0 Å². The number of hydrogen-bond acceptors (Lipinski definition) is 4. The zero-order valence-corrected chi connectivity index (χ0v) is 19.2. The number of amides is 3. The van der Waals surface area contributed by atoms with Gasteiger partial charge in [0.25, 0.3) is 5.91 Å². The fourth-order valence-corrected chi connectivity index (χ4v) is 3.94. The van der Waals surface area contributed by atoms with Crippen LogP contribution in [-0.2, 0) is 9.59 Å². The van der Waals surface area contributed by atoms with Gasteiger partial charge in [0.2, 0.25) is 11.8 Å². The third-order valence-corrected chi connectivity index (χ3v) is 5.98. The Morgan fingerprint density at radius 3 is 2.44 bits per heavy atom. The number of halogens is 1. The largest absolute Gasteiger partial charge is 0.351 e. The molecule has 1 aliphatic heterocycles. The Balaban J connectivity index is 1.53. The highest BCUT2D eigenvalue weighted by Gasteiger charge is 2.35. The Morgan fingerprint density at radius 1 is 1.09 bits per heavy atom. The van der Waals surface area contributed by atoms with Crippen LogP contribution in [0.25, 0.3) is 0 Å². The summed E-state index contributed by atoms with van der Waals surface area (Å²) in [6.07, 6.45) is 0.129. The molecule has 0 saturated carbocycles. The lowest BCUT2D eigenvalue weighted by Gasteiger charge is -2.18. The van der Waals surface area contributed by atoms with Crippen molar-refractivity contribution in [1.29, 1.82) is 0 Å². The summed E-state index contributed by atoms with van der Waals surface area (Å²) in [5.74, 6) is -0.979. The molecule has 2 aromatic rings. The Bertz CT molecular complexity index is 960. The zero-order valence-electron chi connectivity index (χ0n) is 18.4. The van der Waals surface area contributed by atoms with Crippen LogP contribution in [0.3, 0.4) is 0 Å². The molecule has 0 spiro atoms. The Labute approximate surface area is 193 Å². The topological polar surface area (TPSA) is 81.8 Å². The average Bonchev–Trinajstić information content (AvgIpc) is 3.19. The lowest BCUT2D eigenvalue weighted by atomic mass is 10.1. The second kappa shape index (κ2) is 11.1. The van der Waals surface area contributed by atoms with E-state index in [-0.39, 0.29) is 30.7 Å². The van der Waals surface area contributed by atoms with Gasteiger partial charge in [-0.25, -0.2) is 0 Å². The molecule has 3 rings (SSSR count). The highest BCUT2D eigenvalue weighted by atomic mass is 35.5. The number of nitrogens with one attached hydrogen (secondary N) is 2. The van der Waals surface area contributed by atoms with Crippen LogP contribution >= 0.6 is 11.6 Å². The number of nitrogens with zero attached hydrogens (tertiary/aromatic N) is 2. The molecule has 32 heavy (non-hydrogen) atoms. The van der Waals surface area contributed by atoms with Gasteiger partial charge in [0.05, 0.1) is 16.6 Å². The van der Waals surface area contributed by atoms with Crippen LogP contribution in [0.5, 0.6) is 0 Å². The summed E-state index contributed by atoms with van der Waals surface area (Å²) >= 11 is 6.20. The fourth-order valence-electron chi connectivity index (χ4n) is 3.71. The van der Waals surface area contributed by atoms with E-state index < -0.39 is 5.92 Å². The molecule has 3 amide bonds. The molecule has 1 heterocycles. The number of para-hydroxylation sites is 1. The molecule has 1 saturated heterocycles. The third-order valence-electron chi connectivity index (χ3n) is 5.66. The summed E-state index contributed by atoms with van der Waals surface area (Å²) in [7, 11) is 0. The maximum Gasteiger partial charge on any atom is 0.251 e. The van der Waals surface area contributed by atoms with E-state index in [0.29, 0.717) is 28.5 Å². The van der Waals surface area contributed by atoms with Crippen LogP contribution in [0.15, 0.2) is 48.5 Å². The van der Waals surface area contributed by atoms with Crippen LogP contribution in [0.2, 0.25) is 5.02 Å². The molecule has 0 radical (unpaired) electrons. The van der Waals surface area contributed by atoms with E-state index in [1.165, 1.54) is 0 Å². The molecule has 0 aliphatic carbocycles. The maximum atomic E-state index is 12.7. The summed E-state index contributed by atoms with van der Waals surface area (Å²) in [5, 5.41) is 6.23. The van der Waals surface area contributed by atoms with Crippen LogP contribution in [0, 0.1) is 5.92 Å². The number of benzene rings is 2. The minimum Gasteiger partial charge on any atom is -0.351 e. The van der Waals surface area contributed by atoms with Crippen molar-refractivity contribution in [1.82, 2.24) is 10.2 Å².